The van der Waals surface area contributed by atoms with Gasteiger partial charge < -0.3 is 14.2 Å². The minimum atomic E-state index is -0.478. The fourth-order valence-electron chi connectivity index (χ4n) is 3.96. The molecule has 0 amide bonds. The van der Waals surface area contributed by atoms with Crippen molar-refractivity contribution in [2.75, 3.05) is 13.2 Å². The van der Waals surface area contributed by atoms with E-state index in [9.17, 15) is 9.59 Å². The van der Waals surface area contributed by atoms with Gasteiger partial charge in [-0.25, -0.2) is 9.59 Å². The predicted molar refractivity (Wildman–Crippen MR) is 144 cm³/mol. The molecule has 2 unspecified atom stereocenters. The molecule has 4 aromatic rings. The number of hydrogen-bond donors (Lipinski definition) is 0. The summed E-state index contributed by atoms with van der Waals surface area (Å²) in [6, 6.07) is 34.2. The monoisotopic (exact) mass is 494 g/mol. The number of hydrogen-bond acceptors (Lipinski definition) is 5. The van der Waals surface area contributed by atoms with Gasteiger partial charge >= 0.3 is 11.9 Å². The molecule has 2 atom stereocenters. The molecule has 0 aromatic heterocycles. The molecule has 37 heavy (non-hydrogen) atoms. The molecule has 188 valence electrons. The van der Waals surface area contributed by atoms with E-state index in [4.69, 9.17) is 14.2 Å². The van der Waals surface area contributed by atoms with Crippen molar-refractivity contribution in [2.24, 2.45) is 0 Å². The van der Waals surface area contributed by atoms with Gasteiger partial charge in [-0.15, -0.1) is 0 Å². The van der Waals surface area contributed by atoms with Crippen LogP contribution in [0, 0.1) is 0 Å². The minimum Gasteiger partial charge on any atom is -0.459 e. The van der Waals surface area contributed by atoms with E-state index in [1.807, 2.05) is 104 Å². The van der Waals surface area contributed by atoms with Crippen LogP contribution < -0.4 is 0 Å². The Morgan fingerprint density at radius 3 is 1.57 bits per heavy atom. The molecule has 0 fully saturated rings. The molecule has 0 aliphatic heterocycles. The third-order valence-corrected chi connectivity index (χ3v) is 5.84. The van der Waals surface area contributed by atoms with Gasteiger partial charge in [-0.3, -0.25) is 0 Å². The summed E-state index contributed by atoms with van der Waals surface area (Å²) in [6.07, 6.45) is -0.848. The molecular weight excluding hydrogens is 464 g/mol. The van der Waals surface area contributed by atoms with Gasteiger partial charge in [0.05, 0.1) is 23.8 Å². The SMILES string of the molecule is CC(COC(=O)c1ccccc1-c1ccccc1)OCC(C)OC(=O)c1ccccc1-c1ccccc1. The topological polar surface area (TPSA) is 61.8 Å². The van der Waals surface area contributed by atoms with Crippen molar-refractivity contribution in [1.82, 2.24) is 0 Å². The van der Waals surface area contributed by atoms with Crippen molar-refractivity contribution < 1.29 is 23.8 Å². The van der Waals surface area contributed by atoms with Gasteiger partial charge in [0.15, 0.2) is 0 Å². The van der Waals surface area contributed by atoms with Crippen LogP contribution in [0.4, 0.5) is 0 Å². The average molecular weight is 495 g/mol. The highest BCUT2D eigenvalue weighted by Crippen LogP contribution is 2.25. The first-order valence-corrected chi connectivity index (χ1v) is 12.3. The molecule has 0 aliphatic carbocycles. The summed E-state index contributed by atoms with van der Waals surface area (Å²) in [7, 11) is 0. The van der Waals surface area contributed by atoms with Crippen LogP contribution in [0.3, 0.4) is 0 Å². The van der Waals surface area contributed by atoms with Crippen molar-refractivity contribution in [1.29, 1.82) is 0 Å². The quantitative estimate of drug-likeness (QED) is 0.226. The van der Waals surface area contributed by atoms with Crippen molar-refractivity contribution in [2.45, 2.75) is 26.1 Å². The summed E-state index contributed by atoms with van der Waals surface area (Å²) in [6.45, 7) is 3.85. The molecule has 0 aliphatic rings. The third-order valence-electron chi connectivity index (χ3n) is 5.84. The van der Waals surface area contributed by atoms with Gasteiger partial charge in [-0.05, 0) is 48.2 Å². The van der Waals surface area contributed by atoms with Gasteiger partial charge in [-0.2, -0.15) is 0 Å². The second-order valence-corrected chi connectivity index (χ2v) is 8.78. The Morgan fingerprint density at radius 1 is 0.568 bits per heavy atom. The maximum atomic E-state index is 12.9. The Labute approximate surface area is 217 Å². The molecule has 0 heterocycles. The zero-order chi connectivity index (χ0) is 26.0. The first-order chi connectivity index (χ1) is 18.0. The van der Waals surface area contributed by atoms with E-state index in [-0.39, 0.29) is 19.3 Å². The number of carbonyl (C=O) groups excluding carboxylic acids is 2. The van der Waals surface area contributed by atoms with Gasteiger partial charge in [0.2, 0.25) is 0 Å². The summed E-state index contributed by atoms with van der Waals surface area (Å²) in [5.74, 6) is -0.820. The van der Waals surface area contributed by atoms with E-state index < -0.39 is 18.0 Å². The summed E-state index contributed by atoms with van der Waals surface area (Å²) in [4.78, 5) is 25.7. The lowest BCUT2D eigenvalue weighted by molar-refractivity contribution is -0.0379. The van der Waals surface area contributed by atoms with Gasteiger partial charge in [-0.1, -0.05) is 97.1 Å². The Morgan fingerprint density at radius 2 is 1.03 bits per heavy atom. The fraction of sp³-hybridized carbons (Fsp3) is 0.188. The highest BCUT2D eigenvalue weighted by atomic mass is 16.6. The van der Waals surface area contributed by atoms with Crippen LogP contribution in [0.15, 0.2) is 109 Å². The number of rotatable bonds is 10. The van der Waals surface area contributed by atoms with E-state index in [0.29, 0.717) is 11.1 Å². The number of carbonyl (C=O) groups is 2. The lowest BCUT2D eigenvalue weighted by Crippen LogP contribution is -2.26. The molecule has 0 saturated carbocycles. The molecular formula is C32H30O5. The van der Waals surface area contributed by atoms with E-state index in [1.54, 1.807) is 19.1 Å². The molecule has 5 nitrogen and oxygen atoms in total. The summed E-state index contributed by atoms with van der Waals surface area (Å²) in [5.41, 5.74) is 4.53. The van der Waals surface area contributed by atoms with Crippen LogP contribution in [0.2, 0.25) is 0 Å². The molecule has 5 heteroatoms. The van der Waals surface area contributed by atoms with Crippen molar-refractivity contribution in [3.63, 3.8) is 0 Å². The lowest BCUT2D eigenvalue weighted by Gasteiger charge is -2.19. The van der Waals surface area contributed by atoms with Crippen LogP contribution in [-0.4, -0.2) is 37.4 Å². The van der Waals surface area contributed by atoms with Crippen LogP contribution in [0.1, 0.15) is 34.6 Å². The van der Waals surface area contributed by atoms with E-state index in [0.717, 1.165) is 22.3 Å². The number of esters is 2. The summed E-state index contributed by atoms with van der Waals surface area (Å²) < 4.78 is 17.0. The molecule has 4 rings (SSSR count). The predicted octanol–water partition coefficient (Wildman–Crippen LogP) is 6.83. The maximum absolute atomic E-state index is 12.9. The Bertz CT molecular complexity index is 1320. The smallest absolute Gasteiger partial charge is 0.339 e. The van der Waals surface area contributed by atoms with Gasteiger partial charge in [0, 0.05) is 0 Å². The Balaban J connectivity index is 1.28. The van der Waals surface area contributed by atoms with E-state index in [1.165, 1.54) is 0 Å². The molecule has 0 spiro atoms. The summed E-state index contributed by atoms with van der Waals surface area (Å²) >= 11 is 0. The van der Waals surface area contributed by atoms with Crippen LogP contribution in [0.5, 0.6) is 0 Å². The largest absolute Gasteiger partial charge is 0.459 e. The molecule has 0 radical (unpaired) electrons. The second-order valence-electron chi connectivity index (χ2n) is 8.78. The zero-order valence-electron chi connectivity index (χ0n) is 21.0. The lowest BCUT2D eigenvalue weighted by atomic mass is 10.00. The fourth-order valence-corrected chi connectivity index (χ4v) is 3.96. The molecule has 0 N–H and O–H groups in total. The Kier molecular flexibility index (Phi) is 8.84. The highest BCUT2D eigenvalue weighted by molar-refractivity contribution is 5.98. The van der Waals surface area contributed by atoms with Gasteiger partial charge in [0.25, 0.3) is 0 Å². The molecule has 0 bridgehead atoms. The van der Waals surface area contributed by atoms with Crippen molar-refractivity contribution >= 4 is 11.9 Å². The van der Waals surface area contributed by atoms with Crippen LogP contribution >= 0.6 is 0 Å². The highest BCUT2D eigenvalue weighted by Gasteiger charge is 2.19. The third kappa shape index (κ3) is 6.93. The van der Waals surface area contributed by atoms with E-state index in [2.05, 4.69) is 0 Å². The van der Waals surface area contributed by atoms with Crippen molar-refractivity contribution in [3.05, 3.63) is 120 Å². The first kappa shape index (κ1) is 25.9. The summed E-state index contributed by atoms with van der Waals surface area (Å²) in [5, 5.41) is 0. The second kappa shape index (κ2) is 12.7. The van der Waals surface area contributed by atoms with E-state index >= 15 is 0 Å². The van der Waals surface area contributed by atoms with Crippen LogP contribution in [0.25, 0.3) is 22.3 Å². The number of benzene rings is 4. The average Bonchev–Trinajstić information content (AvgIpc) is 2.95. The normalized spacial score (nSPS) is 12.4. The number of ether oxygens (including phenoxy) is 3. The molecule has 0 saturated heterocycles. The van der Waals surface area contributed by atoms with Crippen molar-refractivity contribution in [3.8, 4) is 22.3 Å². The zero-order valence-corrected chi connectivity index (χ0v) is 21.0. The Hall–Kier alpha value is -4.22. The standard InChI is InChI=1S/C32H30O5/c1-23(21-36-31(33)29-19-11-9-17-27(29)25-13-5-3-6-14-25)35-22-24(2)37-32(34)30-20-12-10-18-28(30)26-15-7-4-8-16-26/h3-20,23-24H,21-22H2,1-2H3. The maximum Gasteiger partial charge on any atom is 0.339 e. The molecule has 4 aromatic carbocycles. The first-order valence-electron chi connectivity index (χ1n) is 12.3. The minimum absolute atomic E-state index is 0.0828. The van der Waals surface area contributed by atoms with Crippen LogP contribution in [-0.2, 0) is 14.2 Å². The van der Waals surface area contributed by atoms with Gasteiger partial charge in [0.1, 0.15) is 12.7 Å².